The number of anilines is 1. The smallest absolute Gasteiger partial charge is 0.263 e. The fraction of sp³-hybridized carbons (Fsp3) is 0.0625. The van der Waals surface area contributed by atoms with Gasteiger partial charge in [-0.1, -0.05) is 23.7 Å². The Balaban J connectivity index is 1.86. The van der Waals surface area contributed by atoms with E-state index < -0.39 is 5.91 Å². The second kappa shape index (κ2) is 6.76. The number of hydrogen-bond acceptors (Lipinski definition) is 4. The summed E-state index contributed by atoms with van der Waals surface area (Å²) in [6.45, 7) is 0.345. The van der Waals surface area contributed by atoms with Gasteiger partial charge in [0.2, 0.25) is 0 Å². The molecule has 23 heavy (non-hydrogen) atoms. The lowest BCUT2D eigenvalue weighted by atomic mass is 10.2. The van der Waals surface area contributed by atoms with Gasteiger partial charge in [-0.15, -0.1) is 11.3 Å². The summed E-state index contributed by atoms with van der Waals surface area (Å²) in [7, 11) is 0. The number of halogens is 1. The Labute approximate surface area is 141 Å². The van der Waals surface area contributed by atoms with Crippen molar-refractivity contribution in [2.24, 2.45) is 0 Å². The summed E-state index contributed by atoms with van der Waals surface area (Å²) in [4.78, 5) is 28.7. The molecule has 0 unspecified atom stereocenters. The SMILES string of the molecule is O=C(Nc1nccs1)c1cccn(Cc2cccc(Cl)c2)c1=O. The largest absolute Gasteiger partial charge is 0.310 e. The number of thiazole rings is 1. The van der Waals surface area contributed by atoms with Gasteiger partial charge in [0.15, 0.2) is 5.13 Å². The number of aromatic nitrogens is 2. The van der Waals surface area contributed by atoms with Crippen LogP contribution in [0.4, 0.5) is 5.13 Å². The number of nitrogens with zero attached hydrogens (tertiary/aromatic N) is 2. The van der Waals surface area contributed by atoms with Gasteiger partial charge in [0.25, 0.3) is 11.5 Å². The van der Waals surface area contributed by atoms with Crippen molar-refractivity contribution in [2.75, 3.05) is 5.32 Å². The van der Waals surface area contributed by atoms with E-state index in [2.05, 4.69) is 10.3 Å². The molecule has 2 aromatic heterocycles. The van der Waals surface area contributed by atoms with Crippen molar-refractivity contribution in [3.05, 3.63) is 80.7 Å². The van der Waals surface area contributed by atoms with E-state index in [0.29, 0.717) is 16.7 Å². The maximum atomic E-state index is 12.5. The first-order valence-electron chi connectivity index (χ1n) is 6.78. The molecule has 0 aliphatic heterocycles. The predicted octanol–water partition coefficient (Wildman–Crippen LogP) is 3.26. The average molecular weight is 346 g/mol. The predicted molar refractivity (Wildman–Crippen MR) is 91.3 cm³/mol. The fourth-order valence-electron chi connectivity index (χ4n) is 2.12. The topological polar surface area (TPSA) is 64.0 Å². The monoisotopic (exact) mass is 345 g/mol. The average Bonchev–Trinajstić information content (AvgIpc) is 3.02. The molecule has 0 saturated carbocycles. The fourth-order valence-corrected chi connectivity index (χ4v) is 2.85. The van der Waals surface area contributed by atoms with E-state index in [1.807, 2.05) is 12.1 Å². The summed E-state index contributed by atoms with van der Waals surface area (Å²) in [5, 5.41) is 5.42. The number of pyridine rings is 1. The third-order valence-corrected chi connectivity index (χ3v) is 4.08. The molecule has 0 radical (unpaired) electrons. The summed E-state index contributed by atoms with van der Waals surface area (Å²) in [5.41, 5.74) is 0.600. The molecule has 2 heterocycles. The molecule has 7 heteroatoms. The lowest BCUT2D eigenvalue weighted by Gasteiger charge is -2.08. The first-order chi connectivity index (χ1) is 11.1. The van der Waals surface area contributed by atoms with E-state index in [-0.39, 0.29) is 11.1 Å². The summed E-state index contributed by atoms with van der Waals surface area (Å²) < 4.78 is 1.47. The molecular weight excluding hydrogens is 334 g/mol. The van der Waals surface area contributed by atoms with Crippen LogP contribution in [0.25, 0.3) is 0 Å². The van der Waals surface area contributed by atoms with Crippen LogP contribution in [0.1, 0.15) is 15.9 Å². The van der Waals surface area contributed by atoms with Crippen molar-refractivity contribution < 1.29 is 4.79 Å². The van der Waals surface area contributed by atoms with Crippen molar-refractivity contribution in [1.82, 2.24) is 9.55 Å². The van der Waals surface area contributed by atoms with Crippen LogP contribution in [0.5, 0.6) is 0 Å². The Morgan fingerprint density at radius 3 is 2.91 bits per heavy atom. The molecule has 5 nitrogen and oxygen atoms in total. The number of carbonyl (C=O) groups is 1. The van der Waals surface area contributed by atoms with Crippen LogP contribution in [-0.4, -0.2) is 15.5 Å². The Morgan fingerprint density at radius 1 is 1.30 bits per heavy atom. The summed E-state index contributed by atoms with van der Waals surface area (Å²) in [5.74, 6) is -0.467. The Morgan fingerprint density at radius 2 is 2.17 bits per heavy atom. The molecule has 0 bridgehead atoms. The molecule has 0 fully saturated rings. The Kier molecular flexibility index (Phi) is 4.55. The van der Waals surface area contributed by atoms with Crippen LogP contribution in [0.2, 0.25) is 5.02 Å². The standard InChI is InChI=1S/C16H12ClN3O2S/c17-12-4-1-3-11(9-12)10-20-7-2-5-13(15(20)22)14(21)19-16-18-6-8-23-16/h1-9H,10H2,(H,18,19,21). The molecule has 3 aromatic rings. The third-order valence-electron chi connectivity index (χ3n) is 3.16. The van der Waals surface area contributed by atoms with Gasteiger partial charge in [-0.2, -0.15) is 0 Å². The first-order valence-corrected chi connectivity index (χ1v) is 8.04. The van der Waals surface area contributed by atoms with Crippen LogP contribution >= 0.6 is 22.9 Å². The molecule has 0 spiro atoms. The van der Waals surface area contributed by atoms with Crippen LogP contribution < -0.4 is 10.9 Å². The van der Waals surface area contributed by atoms with Gasteiger partial charge in [0, 0.05) is 22.8 Å². The van der Waals surface area contributed by atoms with Crippen molar-refractivity contribution in [2.45, 2.75) is 6.54 Å². The van der Waals surface area contributed by atoms with E-state index in [0.717, 1.165) is 5.56 Å². The summed E-state index contributed by atoms with van der Waals surface area (Å²) in [6, 6.07) is 10.4. The maximum Gasteiger partial charge on any atom is 0.263 e. The second-order valence-corrected chi connectivity index (χ2v) is 6.11. The van der Waals surface area contributed by atoms with Crippen molar-refractivity contribution in [1.29, 1.82) is 0 Å². The van der Waals surface area contributed by atoms with Gasteiger partial charge >= 0.3 is 0 Å². The molecule has 116 valence electrons. The van der Waals surface area contributed by atoms with Gasteiger partial charge in [0.05, 0.1) is 6.54 Å². The van der Waals surface area contributed by atoms with Crippen LogP contribution in [-0.2, 0) is 6.54 Å². The molecule has 0 atom stereocenters. The van der Waals surface area contributed by atoms with Gasteiger partial charge in [-0.05, 0) is 29.8 Å². The van der Waals surface area contributed by atoms with Crippen LogP contribution in [0, 0.1) is 0 Å². The van der Waals surface area contributed by atoms with Crippen molar-refractivity contribution in [3.63, 3.8) is 0 Å². The van der Waals surface area contributed by atoms with Crippen LogP contribution in [0.3, 0.4) is 0 Å². The lowest BCUT2D eigenvalue weighted by Crippen LogP contribution is -2.29. The minimum atomic E-state index is -0.467. The zero-order valence-corrected chi connectivity index (χ0v) is 13.5. The number of amides is 1. The highest BCUT2D eigenvalue weighted by molar-refractivity contribution is 7.13. The maximum absolute atomic E-state index is 12.5. The number of rotatable bonds is 4. The van der Waals surface area contributed by atoms with Crippen LogP contribution in [0.15, 0.2) is 59.0 Å². The molecule has 1 aromatic carbocycles. The highest BCUT2D eigenvalue weighted by Gasteiger charge is 2.13. The molecule has 1 N–H and O–H groups in total. The van der Waals surface area contributed by atoms with Crippen molar-refractivity contribution in [3.8, 4) is 0 Å². The zero-order chi connectivity index (χ0) is 16.2. The Bertz CT molecular complexity index is 890. The lowest BCUT2D eigenvalue weighted by molar-refractivity contribution is 0.102. The number of benzene rings is 1. The molecular formula is C16H12ClN3O2S. The van der Waals surface area contributed by atoms with E-state index in [9.17, 15) is 9.59 Å². The minimum absolute atomic E-state index is 0.0738. The van der Waals surface area contributed by atoms with E-state index in [1.165, 1.54) is 22.0 Å². The molecule has 0 aliphatic rings. The number of hydrogen-bond donors (Lipinski definition) is 1. The number of nitrogens with one attached hydrogen (secondary N) is 1. The highest BCUT2D eigenvalue weighted by atomic mass is 35.5. The van der Waals surface area contributed by atoms with Gasteiger partial charge in [-0.25, -0.2) is 4.98 Å². The molecule has 0 aliphatic carbocycles. The van der Waals surface area contributed by atoms with Gasteiger partial charge in [-0.3, -0.25) is 14.9 Å². The quantitative estimate of drug-likeness (QED) is 0.789. The Hall–Kier alpha value is -2.44. The highest BCUT2D eigenvalue weighted by Crippen LogP contribution is 2.13. The minimum Gasteiger partial charge on any atom is -0.310 e. The van der Waals surface area contributed by atoms with Gasteiger partial charge in [0.1, 0.15) is 5.56 Å². The summed E-state index contributed by atoms with van der Waals surface area (Å²) in [6.07, 6.45) is 3.23. The molecule has 1 amide bonds. The molecule has 3 rings (SSSR count). The second-order valence-electron chi connectivity index (χ2n) is 4.78. The van der Waals surface area contributed by atoms with E-state index in [4.69, 9.17) is 11.6 Å². The zero-order valence-electron chi connectivity index (χ0n) is 11.9. The van der Waals surface area contributed by atoms with Crippen molar-refractivity contribution >= 4 is 34.0 Å². The summed E-state index contributed by atoms with van der Waals surface area (Å²) >= 11 is 7.25. The van der Waals surface area contributed by atoms with E-state index in [1.54, 1.807) is 36.0 Å². The first kappa shape index (κ1) is 15.5. The normalized spacial score (nSPS) is 10.5. The molecule has 0 saturated heterocycles. The number of carbonyl (C=O) groups excluding carboxylic acids is 1. The van der Waals surface area contributed by atoms with Gasteiger partial charge < -0.3 is 4.57 Å². The van der Waals surface area contributed by atoms with E-state index >= 15 is 0 Å². The third kappa shape index (κ3) is 3.67.